The van der Waals surface area contributed by atoms with Crippen LogP contribution in [0.25, 0.3) is 11.0 Å². The van der Waals surface area contributed by atoms with E-state index in [9.17, 15) is 9.59 Å². The van der Waals surface area contributed by atoms with Crippen LogP contribution in [0.2, 0.25) is 0 Å². The predicted molar refractivity (Wildman–Crippen MR) is 126 cm³/mol. The molecule has 0 saturated carbocycles. The molecule has 0 unspecified atom stereocenters. The van der Waals surface area contributed by atoms with Crippen LogP contribution in [0.1, 0.15) is 52.7 Å². The summed E-state index contributed by atoms with van der Waals surface area (Å²) in [4.78, 5) is 30.8. The molecule has 0 radical (unpaired) electrons. The van der Waals surface area contributed by atoms with Gasteiger partial charge in [-0.1, -0.05) is 12.1 Å². The molecular formula is C26H30N2O4. The molecule has 0 N–H and O–H groups in total. The van der Waals surface area contributed by atoms with E-state index in [1.54, 1.807) is 4.90 Å². The van der Waals surface area contributed by atoms with Gasteiger partial charge >= 0.3 is 0 Å². The number of hydrogen-bond acceptors (Lipinski definition) is 5. The number of fused-ring (bicyclic) bond motifs is 2. The monoisotopic (exact) mass is 434 g/mol. The van der Waals surface area contributed by atoms with Gasteiger partial charge in [-0.3, -0.25) is 9.59 Å². The van der Waals surface area contributed by atoms with Crippen molar-refractivity contribution in [3.63, 3.8) is 0 Å². The number of amides is 1. The molecule has 3 aromatic rings. The summed E-state index contributed by atoms with van der Waals surface area (Å²) in [5.74, 6) is 0.661. The first-order chi connectivity index (χ1) is 15.2. The number of rotatable bonds is 6. The van der Waals surface area contributed by atoms with Gasteiger partial charge in [0, 0.05) is 13.1 Å². The SMILES string of the molecule is Cc1cc2oc3c(c(=O)c2cc1C)[C@H](c1ccc(OC(C)C)cc1)N(CCN(C)C)C3=O. The maximum Gasteiger partial charge on any atom is 0.290 e. The lowest BCUT2D eigenvalue weighted by atomic mass is 9.97. The van der Waals surface area contributed by atoms with E-state index in [1.165, 1.54) is 0 Å². The van der Waals surface area contributed by atoms with Crippen LogP contribution in [-0.4, -0.2) is 49.0 Å². The Morgan fingerprint density at radius 2 is 1.72 bits per heavy atom. The molecule has 2 aromatic carbocycles. The van der Waals surface area contributed by atoms with Crippen LogP contribution < -0.4 is 10.2 Å². The van der Waals surface area contributed by atoms with Gasteiger partial charge in [0.25, 0.3) is 5.91 Å². The summed E-state index contributed by atoms with van der Waals surface area (Å²) in [6.07, 6.45) is 0.0660. The summed E-state index contributed by atoms with van der Waals surface area (Å²) in [5, 5.41) is 0.513. The van der Waals surface area contributed by atoms with E-state index in [0.29, 0.717) is 29.6 Å². The van der Waals surface area contributed by atoms with Gasteiger partial charge in [0.2, 0.25) is 5.76 Å². The number of aryl methyl sites for hydroxylation is 2. The molecule has 0 spiro atoms. The zero-order valence-corrected chi connectivity index (χ0v) is 19.6. The van der Waals surface area contributed by atoms with E-state index in [2.05, 4.69) is 0 Å². The van der Waals surface area contributed by atoms with Crippen molar-refractivity contribution in [3.8, 4) is 5.75 Å². The average molecular weight is 435 g/mol. The largest absolute Gasteiger partial charge is 0.491 e. The fourth-order valence-electron chi connectivity index (χ4n) is 4.16. The van der Waals surface area contributed by atoms with Crippen LogP contribution in [-0.2, 0) is 0 Å². The van der Waals surface area contributed by atoms with Gasteiger partial charge in [-0.2, -0.15) is 0 Å². The lowest BCUT2D eigenvalue weighted by Crippen LogP contribution is -2.35. The molecule has 4 rings (SSSR count). The Morgan fingerprint density at radius 3 is 2.34 bits per heavy atom. The summed E-state index contributed by atoms with van der Waals surface area (Å²) in [5.41, 5.74) is 3.64. The smallest absolute Gasteiger partial charge is 0.290 e. The van der Waals surface area contributed by atoms with Crippen molar-refractivity contribution in [2.45, 2.75) is 39.8 Å². The molecule has 6 heteroatoms. The minimum atomic E-state index is -0.493. The highest BCUT2D eigenvalue weighted by Crippen LogP contribution is 2.38. The van der Waals surface area contributed by atoms with Crippen LogP contribution in [0.3, 0.4) is 0 Å². The van der Waals surface area contributed by atoms with Gasteiger partial charge in [-0.25, -0.2) is 0 Å². The minimum Gasteiger partial charge on any atom is -0.491 e. The molecule has 0 fully saturated rings. The quantitative estimate of drug-likeness (QED) is 0.579. The molecule has 6 nitrogen and oxygen atoms in total. The first-order valence-corrected chi connectivity index (χ1v) is 11.0. The summed E-state index contributed by atoms with van der Waals surface area (Å²) in [6, 6.07) is 10.8. The highest BCUT2D eigenvalue weighted by molar-refractivity contribution is 5.99. The standard InChI is InChI=1S/C26H30N2O4/c1-15(2)31-19-9-7-18(8-10-19)23-22-24(29)20-13-16(3)17(4)14-21(20)32-25(22)26(30)28(23)12-11-27(5)6/h7-10,13-15,23H,11-12H2,1-6H3/t23-/m0/s1. The third-order valence-electron chi connectivity index (χ3n) is 5.94. The number of carbonyl (C=O) groups excluding carboxylic acids is 1. The Hall–Kier alpha value is -3.12. The molecule has 1 aliphatic rings. The molecule has 0 aliphatic carbocycles. The van der Waals surface area contributed by atoms with Crippen molar-refractivity contribution in [1.29, 1.82) is 0 Å². The fourth-order valence-corrected chi connectivity index (χ4v) is 4.16. The average Bonchev–Trinajstić information content (AvgIpc) is 3.00. The lowest BCUT2D eigenvalue weighted by Gasteiger charge is -2.26. The van der Waals surface area contributed by atoms with Gasteiger partial charge < -0.3 is 19.0 Å². The number of benzene rings is 2. The van der Waals surface area contributed by atoms with Crippen LogP contribution >= 0.6 is 0 Å². The van der Waals surface area contributed by atoms with E-state index in [0.717, 1.165) is 22.4 Å². The van der Waals surface area contributed by atoms with Crippen molar-refractivity contribution < 1.29 is 13.9 Å². The molecule has 1 amide bonds. The summed E-state index contributed by atoms with van der Waals surface area (Å²) < 4.78 is 11.8. The maximum absolute atomic E-state index is 13.6. The van der Waals surface area contributed by atoms with Crippen molar-refractivity contribution >= 4 is 16.9 Å². The molecule has 168 valence electrons. The molecular weight excluding hydrogens is 404 g/mol. The number of nitrogens with zero attached hydrogens (tertiary/aromatic N) is 2. The van der Waals surface area contributed by atoms with E-state index in [-0.39, 0.29) is 23.2 Å². The van der Waals surface area contributed by atoms with E-state index in [4.69, 9.17) is 9.15 Å². The lowest BCUT2D eigenvalue weighted by molar-refractivity contribution is 0.0716. The van der Waals surface area contributed by atoms with Gasteiger partial charge in [0.05, 0.1) is 23.1 Å². The number of hydrogen-bond donors (Lipinski definition) is 0. The fraction of sp³-hybridized carbons (Fsp3) is 0.385. The van der Waals surface area contributed by atoms with Gasteiger partial charge in [-0.15, -0.1) is 0 Å². The number of carbonyl (C=O) groups is 1. The van der Waals surface area contributed by atoms with Crippen molar-refractivity contribution in [2.24, 2.45) is 0 Å². The first kappa shape index (κ1) is 22.1. The van der Waals surface area contributed by atoms with Gasteiger partial charge in [0.15, 0.2) is 5.43 Å². The Bertz CT molecular complexity index is 1230. The third kappa shape index (κ3) is 3.91. The zero-order chi connectivity index (χ0) is 23.2. The predicted octanol–water partition coefficient (Wildman–Crippen LogP) is 4.30. The second-order valence-electron chi connectivity index (χ2n) is 9.05. The molecule has 2 heterocycles. The van der Waals surface area contributed by atoms with Gasteiger partial charge in [0.1, 0.15) is 11.3 Å². The molecule has 0 bridgehead atoms. The summed E-state index contributed by atoms with van der Waals surface area (Å²) in [6.45, 7) is 9.05. The highest BCUT2D eigenvalue weighted by Gasteiger charge is 2.42. The Balaban J connectivity index is 1.88. The highest BCUT2D eigenvalue weighted by atomic mass is 16.5. The van der Waals surface area contributed by atoms with E-state index in [1.807, 2.05) is 83.1 Å². The van der Waals surface area contributed by atoms with E-state index >= 15 is 0 Å². The second-order valence-corrected chi connectivity index (χ2v) is 9.05. The normalized spacial score (nSPS) is 15.8. The minimum absolute atomic E-state index is 0.0660. The van der Waals surface area contributed by atoms with Crippen molar-refractivity contribution in [3.05, 3.63) is 74.6 Å². The molecule has 0 saturated heterocycles. The molecule has 1 aromatic heterocycles. The van der Waals surface area contributed by atoms with Gasteiger partial charge in [-0.05, 0) is 82.7 Å². The summed E-state index contributed by atoms with van der Waals surface area (Å²) in [7, 11) is 3.92. The van der Waals surface area contributed by atoms with Crippen molar-refractivity contribution in [1.82, 2.24) is 9.80 Å². The van der Waals surface area contributed by atoms with Crippen LogP contribution in [0, 0.1) is 13.8 Å². The topological polar surface area (TPSA) is 63.0 Å². The zero-order valence-electron chi connectivity index (χ0n) is 19.6. The summed E-state index contributed by atoms with van der Waals surface area (Å²) >= 11 is 0. The van der Waals surface area contributed by atoms with E-state index < -0.39 is 6.04 Å². The molecule has 32 heavy (non-hydrogen) atoms. The molecule has 1 atom stereocenters. The van der Waals surface area contributed by atoms with Crippen LogP contribution in [0.15, 0.2) is 45.6 Å². The number of ether oxygens (including phenoxy) is 1. The first-order valence-electron chi connectivity index (χ1n) is 11.0. The Labute approximate surface area is 188 Å². The molecule has 1 aliphatic heterocycles. The number of likely N-dealkylation sites (N-methyl/N-ethyl adjacent to an activating group) is 1. The third-order valence-corrected chi connectivity index (χ3v) is 5.94. The van der Waals surface area contributed by atoms with Crippen molar-refractivity contribution in [2.75, 3.05) is 27.2 Å². The van der Waals surface area contributed by atoms with Crippen LogP contribution in [0.4, 0.5) is 0 Å². The maximum atomic E-state index is 13.6. The Morgan fingerprint density at radius 1 is 1.06 bits per heavy atom. The Kier molecular flexibility index (Phi) is 5.82. The second kappa shape index (κ2) is 8.43. The van der Waals surface area contributed by atoms with Crippen LogP contribution in [0.5, 0.6) is 5.75 Å².